The van der Waals surface area contributed by atoms with Gasteiger partial charge in [-0.05, 0) is 25.1 Å². The number of aliphatic hydroxyl groups excluding tert-OH is 1. The van der Waals surface area contributed by atoms with Crippen molar-refractivity contribution >= 4 is 0 Å². The van der Waals surface area contributed by atoms with Gasteiger partial charge < -0.3 is 15.2 Å². The Labute approximate surface area is 90.1 Å². The monoisotopic (exact) mass is 207 g/mol. The predicted octanol–water partition coefficient (Wildman–Crippen LogP) is 1.44. The smallest absolute Gasteiger partial charge is 0.122 e. The zero-order chi connectivity index (χ0) is 10.8. The number of benzene rings is 1. The summed E-state index contributed by atoms with van der Waals surface area (Å²) >= 11 is 0. The summed E-state index contributed by atoms with van der Waals surface area (Å²) in [7, 11) is 3.61. The Morgan fingerprint density at radius 1 is 1.53 bits per heavy atom. The Morgan fingerprint density at radius 2 is 2.33 bits per heavy atom. The predicted molar refractivity (Wildman–Crippen MR) is 59.2 cm³/mol. The molecule has 1 aromatic rings. The van der Waals surface area contributed by atoms with Gasteiger partial charge in [0.15, 0.2) is 0 Å². The highest BCUT2D eigenvalue weighted by Crippen LogP contribution is 2.44. The van der Waals surface area contributed by atoms with Gasteiger partial charge in [-0.1, -0.05) is 12.1 Å². The summed E-state index contributed by atoms with van der Waals surface area (Å²) in [5.74, 6) is 1.25. The third-order valence-corrected chi connectivity index (χ3v) is 3.05. The van der Waals surface area contributed by atoms with E-state index < -0.39 is 0 Å². The fourth-order valence-electron chi connectivity index (χ4n) is 2.41. The summed E-state index contributed by atoms with van der Waals surface area (Å²) in [5, 5.41) is 13.1. The molecule has 3 nitrogen and oxygen atoms in total. The van der Waals surface area contributed by atoms with E-state index in [2.05, 4.69) is 5.32 Å². The third kappa shape index (κ3) is 1.73. The summed E-state index contributed by atoms with van der Waals surface area (Å²) in [6.07, 6.45) is 0.449. The van der Waals surface area contributed by atoms with Gasteiger partial charge in [-0.15, -0.1) is 0 Å². The lowest BCUT2D eigenvalue weighted by molar-refractivity contribution is 0.173. The van der Waals surface area contributed by atoms with E-state index in [1.165, 1.54) is 5.56 Å². The number of aliphatic hydroxyl groups is 1. The molecule has 0 aliphatic heterocycles. The highest BCUT2D eigenvalue weighted by atomic mass is 16.5. The van der Waals surface area contributed by atoms with E-state index in [1.807, 2.05) is 25.2 Å². The molecule has 0 radical (unpaired) electrons. The molecule has 3 heteroatoms. The maximum Gasteiger partial charge on any atom is 0.122 e. The van der Waals surface area contributed by atoms with Crippen LogP contribution < -0.4 is 10.1 Å². The number of hydrogen-bond acceptors (Lipinski definition) is 3. The van der Waals surface area contributed by atoms with Crippen molar-refractivity contribution in [2.75, 3.05) is 20.7 Å². The van der Waals surface area contributed by atoms with Crippen LogP contribution in [0.3, 0.4) is 0 Å². The SMILES string of the molecule is CNCC1CC(O)c2cccc(OC)c21. The van der Waals surface area contributed by atoms with Gasteiger partial charge in [0, 0.05) is 18.0 Å². The number of hydrogen-bond donors (Lipinski definition) is 2. The first-order chi connectivity index (χ1) is 7.27. The lowest BCUT2D eigenvalue weighted by Gasteiger charge is -2.13. The summed E-state index contributed by atoms with van der Waals surface area (Å²) in [6.45, 7) is 0.879. The number of likely N-dealkylation sites (N-methyl/N-ethyl adjacent to an activating group) is 1. The fourth-order valence-corrected chi connectivity index (χ4v) is 2.41. The van der Waals surface area contributed by atoms with E-state index in [-0.39, 0.29) is 6.10 Å². The van der Waals surface area contributed by atoms with Crippen LogP contribution in [0.2, 0.25) is 0 Å². The minimum absolute atomic E-state index is 0.339. The van der Waals surface area contributed by atoms with Gasteiger partial charge in [-0.3, -0.25) is 0 Å². The van der Waals surface area contributed by atoms with Gasteiger partial charge >= 0.3 is 0 Å². The molecule has 0 heterocycles. The third-order valence-electron chi connectivity index (χ3n) is 3.05. The fraction of sp³-hybridized carbons (Fsp3) is 0.500. The van der Waals surface area contributed by atoms with Crippen LogP contribution >= 0.6 is 0 Å². The minimum Gasteiger partial charge on any atom is -0.496 e. The van der Waals surface area contributed by atoms with Crippen LogP contribution in [-0.2, 0) is 0 Å². The first-order valence-corrected chi connectivity index (χ1v) is 5.27. The van der Waals surface area contributed by atoms with Crippen LogP contribution in [0.1, 0.15) is 29.6 Å². The van der Waals surface area contributed by atoms with Gasteiger partial charge in [0.2, 0.25) is 0 Å². The average Bonchev–Trinajstić information content (AvgIpc) is 2.57. The van der Waals surface area contributed by atoms with E-state index >= 15 is 0 Å². The largest absolute Gasteiger partial charge is 0.496 e. The van der Waals surface area contributed by atoms with E-state index in [4.69, 9.17) is 4.74 Å². The molecule has 0 aromatic heterocycles. The standard InChI is InChI=1S/C12H17NO2/c1-13-7-8-6-10(14)9-4-3-5-11(15-2)12(8)9/h3-5,8,10,13-14H,6-7H2,1-2H3. The van der Waals surface area contributed by atoms with E-state index in [9.17, 15) is 5.11 Å². The van der Waals surface area contributed by atoms with Crippen molar-refractivity contribution in [1.29, 1.82) is 0 Å². The molecule has 15 heavy (non-hydrogen) atoms. The molecule has 1 aliphatic carbocycles. The second kappa shape index (κ2) is 4.21. The molecule has 1 aliphatic rings. The molecule has 0 amide bonds. The number of ether oxygens (including phenoxy) is 1. The van der Waals surface area contributed by atoms with E-state index in [0.29, 0.717) is 5.92 Å². The molecule has 2 rings (SSSR count). The second-order valence-corrected chi connectivity index (χ2v) is 3.97. The first kappa shape index (κ1) is 10.5. The summed E-state index contributed by atoms with van der Waals surface area (Å²) in [4.78, 5) is 0. The molecule has 0 spiro atoms. The van der Waals surface area contributed by atoms with Gasteiger partial charge in [-0.25, -0.2) is 0 Å². The van der Waals surface area contributed by atoms with Crippen molar-refractivity contribution < 1.29 is 9.84 Å². The molecule has 0 bridgehead atoms. The highest BCUT2D eigenvalue weighted by Gasteiger charge is 2.31. The number of nitrogens with one attached hydrogen (secondary N) is 1. The molecule has 82 valence electrons. The first-order valence-electron chi connectivity index (χ1n) is 5.27. The highest BCUT2D eigenvalue weighted by molar-refractivity contribution is 5.47. The molecule has 2 unspecified atom stereocenters. The lowest BCUT2D eigenvalue weighted by atomic mass is 10.0. The van der Waals surface area contributed by atoms with Crippen molar-refractivity contribution in [2.24, 2.45) is 0 Å². The lowest BCUT2D eigenvalue weighted by Crippen LogP contribution is -2.15. The van der Waals surface area contributed by atoms with Gasteiger partial charge in [0.1, 0.15) is 5.75 Å². The molecule has 0 saturated heterocycles. The van der Waals surface area contributed by atoms with Gasteiger partial charge in [-0.2, -0.15) is 0 Å². The maximum atomic E-state index is 9.92. The molecular formula is C12H17NO2. The van der Waals surface area contributed by atoms with Crippen LogP contribution in [0.4, 0.5) is 0 Å². The summed E-state index contributed by atoms with van der Waals surface area (Å²) in [5.41, 5.74) is 2.19. The maximum absolute atomic E-state index is 9.92. The van der Waals surface area contributed by atoms with Crippen LogP contribution in [0.15, 0.2) is 18.2 Å². The Balaban J connectivity index is 2.41. The van der Waals surface area contributed by atoms with Crippen LogP contribution in [-0.4, -0.2) is 25.8 Å². The Hall–Kier alpha value is -1.06. The van der Waals surface area contributed by atoms with Gasteiger partial charge in [0.05, 0.1) is 13.2 Å². The summed E-state index contributed by atoms with van der Waals surface area (Å²) in [6, 6.07) is 5.88. The van der Waals surface area contributed by atoms with Crippen molar-refractivity contribution in [3.63, 3.8) is 0 Å². The number of methoxy groups -OCH3 is 1. The molecule has 1 aromatic carbocycles. The van der Waals surface area contributed by atoms with Crippen molar-refractivity contribution in [2.45, 2.75) is 18.4 Å². The quantitative estimate of drug-likeness (QED) is 0.788. The van der Waals surface area contributed by atoms with Crippen LogP contribution in [0.5, 0.6) is 5.75 Å². The van der Waals surface area contributed by atoms with Crippen LogP contribution in [0, 0.1) is 0 Å². The Morgan fingerprint density at radius 3 is 3.00 bits per heavy atom. The van der Waals surface area contributed by atoms with E-state index in [1.54, 1.807) is 7.11 Å². The van der Waals surface area contributed by atoms with Crippen LogP contribution in [0.25, 0.3) is 0 Å². The van der Waals surface area contributed by atoms with Crippen molar-refractivity contribution in [3.8, 4) is 5.75 Å². The molecule has 0 fully saturated rings. The molecule has 0 saturated carbocycles. The molecule has 2 atom stereocenters. The molecular weight excluding hydrogens is 190 g/mol. The van der Waals surface area contributed by atoms with Gasteiger partial charge in [0.25, 0.3) is 0 Å². The van der Waals surface area contributed by atoms with Crippen molar-refractivity contribution in [1.82, 2.24) is 5.32 Å². The second-order valence-electron chi connectivity index (χ2n) is 3.97. The minimum atomic E-state index is -0.339. The summed E-state index contributed by atoms with van der Waals surface area (Å²) < 4.78 is 5.34. The molecule has 2 N–H and O–H groups in total. The number of fused-ring (bicyclic) bond motifs is 1. The topological polar surface area (TPSA) is 41.5 Å². The Bertz CT molecular complexity index is 351. The van der Waals surface area contributed by atoms with E-state index in [0.717, 1.165) is 24.3 Å². The average molecular weight is 207 g/mol. The zero-order valence-electron chi connectivity index (χ0n) is 9.16. The zero-order valence-corrected chi connectivity index (χ0v) is 9.16. The van der Waals surface area contributed by atoms with Crippen molar-refractivity contribution in [3.05, 3.63) is 29.3 Å². The Kier molecular flexibility index (Phi) is 2.93. The normalized spacial score (nSPS) is 23.9. The number of rotatable bonds is 3.